The molecule has 0 aliphatic carbocycles. The molecular formula is C14H19N3O3. The van der Waals surface area contributed by atoms with Crippen LogP contribution in [0, 0.1) is 6.92 Å². The first-order chi connectivity index (χ1) is 9.58. The number of aromatic nitrogens is 2. The molecule has 6 heteroatoms. The lowest BCUT2D eigenvalue weighted by molar-refractivity contribution is 0.107. The van der Waals surface area contributed by atoms with Gasteiger partial charge in [-0.1, -0.05) is 19.1 Å². The number of aromatic hydroxyl groups is 1. The molecule has 1 aromatic carbocycles. The molecule has 2 rings (SSSR count). The highest BCUT2D eigenvalue weighted by atomic mass is 16.4. The van der Waals surface area contributed by atoms with Crippen molar-refractivity contribution < 1.29 is 14.6 Å². The average Bonchev–Trinajstić information content (AvgIpc) is 2.83. The number of aliphatic hydroxyl groups excluding tert-OH is 1. The number of hydrogen-bond acceptors (Lipinski definition) is 6. The molecule has 1 heterocycles. The Labute approximate surface area is 117 Å². The van der Waals surface area contributed by atoms with E-state index in [2.05, 4.69) is 10.2 Å². The van der Waals surface area contributed by atoms with Gasteiger partial charge in [0.15, 0.2) is 0 Å². The topological polar surface area (TPSA) is 82.6 Å². The first-order valence-electron chi connectivity index (χ1n) is 6.56. The molecule has 0 saturated heterocycles. The molecule has 108 valence electrons. The molecule has 0 saturated carbocycles. The number of phenols is 1. The van der Waals surface area contributed by atoms with E-state index in [9.17, 15) is 10.2 Å². The fraction of sp³-hybridized carbons (Fsp3) is 0.429. The van der Waals surface area contributed by atoms with Crippen LogP contribution in [0.4, 0.5) is 0 Å². The molecule has 0 aliphatic rings. The molecule has 2 aromatic rings. The second kappa shape index (κ2) is 6.49. The molecule has 1 aromatic heterocycles. The minimum Gasteiger partial charge on any atom is -0.508 e. The van der Waals surface area contributed by atoms with Gasteiger partial charge in [-0.05, 0) is 24.2 Å². The second-order valence-corrected chi connectivity index (χ2v) is 4.65. The van der Waals surface area contributed by atoms with Crippen LogP contribution in [0.2, 0.25) is 0 Å². The zero-order valence-electron chi connectivity index (χ0n) is 11.7. The van der Waals surface area contributed by atoms with Gasteiger partial charge in [-0.15, -0.1) is 10.2 Å². The maximum atomic E-state index is 10.2. The van der Waals surface area contributed by atoms with E-state index in [1.54, 1.807) is 31.2 Å². The molecule has 20 heavy (non-hydrogen) atoms. The summed E-state index contributed by atoms with van der Waals surface area (Å²) < 4.78 is 5.34. The van der Waals surface area contributed by atoms with Gasteiger partial charge >= 0.3 is 0 Å². The Morgan fingerprint density at radius 1 is 1.35 bits per heavy atom. The quantitative estimate of drug-likeness (QED) is 0.835. The molecule has 0 fully saturated rings. The summed E-state index contributed by atoms with van der Waals surface area (Å²) in [6, 6.07) is 6.64. The Hall–Kier alpha value is -1.92. The van der Waals surface area contributed by atoms with Crippen molar-refractivity contribution in [2.45, 2.75) is 26.5 Å². The van der Waals surface area contributed by atoms with Crippen LogP contribution in [0.25, 0.3) is 0 Å². The molecule has 0 amide bonds. The maximum absolute atomic E-state index is 10.2. The van der Waals surface area contributed by atoms with Crippen LogP contribution >= 0.6 is 0 Å². The number of benzene rings is 1. The van der Waals surface area contributed by atoms with Crippen LogP contribution in [-0.4, -0.2) is 38.4 Å². The van der Waals surface area contributed by atoms with E-state index >= 15 is 0 Å². The van der Waals surface area contributed by atoms with Crippen molar-refractivity contribution >= 4 is 0 Å². The average molecular weight is 277 g/mol. The van der Waals surface area contributed by atoms with Crippen LogP contribution in [0.1, 0.15) is 30.4 Å². The Bertz CT molecular complexity index is 556. The van der Waals surface area contributed by atoms with Crippen LogP contribution in [-0.2, 0) is 6.54 Å². The van der Waals surface area contributed by atoms with Crippen molar-refractivity contribution in [3.63, 3.8) is 0 Å². The van der Waals surface area contributed by atoms with E-state index in [4.69, 9.17) is 4.42 Å². The summed E-state index contributed by atoms with van der Waals surface area (Å²) in [5, 5.41) is 27.4. The lowest BCUT2D eigenvalue weighted by Crippen LogP contribution is -2.28. The highest BCUT2D eigenvalue weighted by molar-refractivity contribution is 5.28. The molecule has 0 spiro atoms. The molecule has 0 aliphatic heterocycles. The first kappa shape index (κ1) is 14.5. The lowest BCUT2D eigenvalue weighted by Gasteiger charge is -2.22. The molecule has 2 N–H and O–H groups in total. The molecule has 1 atom stereocenters. The number of hydrogen-bond donors (Lipinski definition) is 2. The fourth-order valence-electron chi connectivity index (χ4n) is 1.98. The maximum Gasteiger partial charge on any atom is 0.230 e. The normalized spacial score (nSPS) is 12.8. The minimum atomic E-state index is -0.675. The number of phenolic OH excluding ortho intramolecular Hbond substituents is 1. The van der Waals surface area contributed by atoms with Crippen molar-refractivity contribution in [1.29, 1.82) is 0 Å². The molecular weight excluding hydrogens is 258 g/mol. The van der Waals surface area contributed by atoms with Gasteiger partial charge in [0.1, 0.15) is 5.75 Å². The summed E-state index contributed by atoms with van der Waals surface area (Å²) in [6.07, 6.45) is -0.675. The summed E-state index contributed by atoms with van der Waals surface area (Å²) in [4.78, 5) is 2.00. The number of likely N-dealkylation sites (N-methyl/N-ethyl adjacent to an activating group) is 1. The van der Waals surface area contributed by atoms with E-state index in [1.165, 1.54) is 0 Å². The first-order valence-corrected chi connectivity index (χ1v) is 6.56. The minimum absolute atomic E-state index is 0.150. The Kier molecular flexibility index (Phi) is 4.70. The van der Waals surface area contributed by atoms with E-state index in [0.717, 1.165) is 6.54 Å². The van der Waals surface area contributed by atoms with Gasteiger partial charge in [0.25, 0.3) is 0 Å². The molecule has 0 unspecified atom stereocenters. The third-order valence-corrected chi connectivity index (χ3v) is 3.06. The van der Waals surface area contributed by atoms with E-state index < -0.39 is 6.10 Å². The van der Waals surface area contributed by atoms with E-state index in [-0.39, 0.29) is 5.75 Å². The Morgan fingerprint density at radius 3 is 2.75 bits per heavy atom. The summed E-state index contributed by atoms with van der Waals surface area (Å²) in [5.41, 5.74) is 0.685. The summed E-state index contributed by atoms with van der Waals surface area (Å²) in [7, 11) is 0. The zero-order valence-corrected chi connectivity index (χ0v) is 11.7. The Balaban J connectivity index is 1.98. The largest absolute Gasteiger partial charge is 0.508 e. The van der Waals surface area contributed by atoms with Crippen LogP contribution in [0.5, 0.6) is 5.75 Å². The van der Waals surface area contributed by atoms with Crippen LogP contribution in [0.3, 0.4) is 0 Å². The van der Waals surface area contributed by atoms with Crippen molar-refractivity contribution in [2.24, 2.45) is 0 Å². The summed E-state index contributed by atoms with van der Waals surface area (Å²) in [6.45, 7) is 5.42. The van der Waals surface area contributed by atoms with Gasteiger partial charge in [-0.25, -0.2) is 0 Å². The number of rotatable bonds is 6. The number of aliphatic hydroxyl groups is 1. The Morgan fingerprint density at radius 2 is 2.15 bits per heavy atom. The molecule has 0 radical (unpaired) electrons. The van der Waals surface area contributed by atoms with E-state index in [0.29, 0.717) is 30.4 Å². The number of aryl methyl sites for hydroxylation is 1. The van der Waals surface area contributed by atoms with E-state index in [1.807, 2.05) is 11.8 Å². The highest BCUT2D eigenvalue weighted by Gasteiger charge is 2.15. The smallest absolute Gasteiger partial charge is 0.230 e. The second-order valence-electron chi connectivity index (χ2n) is 4.65. The van der Waals surface area contributed by atoms with Crippen molar-refractivity contribution in [3.8, 4) is 5.75 Å². The van der Waals surface area contributed by atoms with Gasteiger partial charge in [0, 0.05) is 13.5 Å². The van der Waals surface area contributed by atoms with Gasteiger partial charge in [0.2, 0.25) is 11.8 Å². The van der Waals surface area contributed by atoms with Gasteiger partial charge in [-0.3, -0.25) is 4.90 Å². The summed E-state index contributed by atoms with van der Waals surface area (Å²) in [5.74, 6) is 1.22. The van der Waals surface area contributed by atoms with Crippen molar-refractivity contribution in [3.05, 3.63) is 41.6 Å². The molecule has 6 nitrogen and oxygen atoms in total. The standard InChI is InChI=1S/C14H19N3O3/c1-3-17(9-14-16-15-10(2)20-14)8-13(19)11-5-4-6-12(18)7-11/h4-7,13,18-19H,3,8-9H2,1-2H3/t13-/m1/s1. The van der Waals surface area contributed by atoms with Gasteiger partial charge in [0.05, 0.1) is 12.6 Å². The highest BCUT2D eigenvalue weighted by Crippen LogP contribution is 2.19. The monoisotopic (exact) mass is 277 g/mol. The number of nitrogens with zero attached hydrogens (tertiary/aromatic N) is 3. The fourth-order valence-corrected chi connectivity index (χ4v) is 1.98. The lowest BCUT2D eigenvalue weighted by atomic mass is 10.1. The van der Waals surface area contributed by atoms with Gasteiger partial charge in [-0.2, -0.15) is 0 Å². The van der Waals surface area contributed by atoms with Crippen molar-refractivity contribution in [2.75, 3.05) is 13.1 Å². The van der Waals surface area contributed by atoms with Gasteiger partial charge < -0.3 is 14.6 Å². The van der Waals surface area contributed by atoms with Crippen LogP contribution in [0.15, 0.2) is 28.7 Å². The van der Waals surface area contributed by atoms with Crippen molar-refractivity contribution in [1.82, 2.24) is 15.1 Å². The van der Waals surface area contributed by atoms with Crippen LogP contribution < -0.4 is 0 Å². The zero-order chi connectivity index (χ0) is 14.5. The predicted molar refractivity (Wildman–Crippen MR) is 73.1 cm³/mol. The molecule has 0 bridgehead atoms. The third-order valence-electron chi connectivity index (χ3n) is 3.06. The predicted octanol–water partition coefficient (Wildman–Crippen LogP) is 1.64. The summed E-state index contributed by atoms with van der Waals surface area (Å²) >= 11 is 0. The third kappa shape index (κ3) is 3.79. The SMILES string of the molecule is CCN(Cc1nnc(C)o1)C[C@@H](O)c1cccc(O)c1.